The van der Waals surface area contributed by atoms with Gasteiger partial charge in [0.1, 0.15) is 0 Å². The molecule has 1 unspecified atom stereocenters. The van der Waals surface area contributed by atoms with E-state index >= 15 is 0 Å². The first-order valence-corrected chi connectivity index (χ1v) is 9.14. The minimum absolute atomic E-state index is 0.0521. The fraction of sp³-hybridized carbons (Fsp3) is 0.316. The molecule has 0 aliphatic carbocycles. The summed E-state index contributed by atoms with van der Waals surface area (Å²) in [5.74, 6) is -0.263. The third kappa shape index (κ3) is 5.74. The summed E-state index contributed by atoms with van der Waals surface area (Å²) in [6, 6.07) is 6.07. The second-order valence-corrected chi connectivity index (χ2v) is 6.90. The molecule has 150 valence electrons. The summed E-state index contributed by atoms with van der Waals surface area (Å²) in [5, 5.41) is 2.99. The van der Waals surface area contributed by atoms with E-state index < -0.39 is 18.0 Å². The minimum Gasteiger partial charge on any atom is -0.493 e. The Morgan fingerprint density at radius 3 is 2.43 bits per heavy atom. The van der Waals surface area contributed by atoms with Crippen LogP contribution in [0.2, 0.25) is 10.0 Å². The van der Waals surface area contributed by atoms with Gasteiger partial charge >= 0.3 is 5.97 Å². The van der Waals surface area contributed by atoms with Crippen LogP contribution in [-0.4, -0.2) is 36.2 Å². The van der Waals surface area contributed by atoms with E-state index in [1.807, 2.05) is 13.8 Å². The number of pyridine rings is 1. The summed E-state index contributed by atoms with van der Waals surface area (Å²) >= 11 is 11.7. The van der Waals surface area contributed by atoms with Gasteiger partial charge in [0, 0.05) is 6.20 Å². The molecule has 0 spiro atoms. The largest absolute Gasteiger partial charge is 0.493 e. The van der Waals surface area contributed by atoms with Crippen LogP contribution in [0, 0.1) is 0 Å². The predicted octanol–water partition coefficient (Wildman–Crippen LogP) is 4.37. The van der Waals surface area contributed by atoms with E-state index in [2.05, 4.69) is 10.3 Å². The van der Waals surface area contributed by atoms with E-state index in [4.69, 9.17) is 37.4 Å². The molecule has 0 saturated heterocycles. The van der Waals surface area contributed by atoms with Gasteiger partial charge in [0.05, 0.1) is 28.8 Å². The number of carbonyl (C=O) groups excluding carboxylic acids is 2. The Morgan fingerprint density at radius 1 is 1.11 bits per heavy atom. The fourth-order valence-electron chi connectivity index (χ4n) is 2.15. The average molecular weight is 427 g/mol. The number of nitrogens with zero attached hydrogens (tertiary/aromatic N) is 1. The molecule has 0 fully saturated rings. The molecule has 1 aromatic heterocycles. The van der Waals surface area contributed by atoms with Gasteiger partial charge in [-0.25, -0.2) is 9.78 Å². The second-order valence-electron chi connectivity index (χ2n) is 6.05. The van der Waals surface area contributed by atoms with Gasteiger partial charge in [0.25, 0.3) is 5.91 Å². The van der Waals surface area contributed by atoms with E-state index in [1.165, 1.54) is 38.4 Å². The number of carbonyl (C=O) groups is 2. The second kappa shape index (κ2) is 9.61. The maximum atomic E-state index is 12.4. The highest BCUT2D eigenvalue weighted by molar-refractivity contribution is 6.36. The lowest BCUT2D eigenvalue weighted by Crippen LogP contribution is -2.30. The van der Waals surface area contributed by atoms with Gasteiger partial charge in [-0.05, 0) is 45.0 Å². The van der Waals surface area contributed by atoms with Crippen molar-refractivity contribution in [2.75, 3.05) is 12.4 Å². The fourth-order valence-corrected chi connectivity index (χ4v) is 2.58. The Labute approximate surface area is 172 Å². The first-order valence-electron chi connectivity index (χ1n) is 8.38. The van der Waals surface area contributed by atoms with E-state index in [-0.39, 0.29) is 22.5 Å². The number of methoxy groups -OCH3 is 1. The van der Waals surface area contributed by atoms with Gasteiger partial charge in [-0.1, -0.05) is 23.2 Å². The number of esters is 1. The van der Waals surface area contributed by atoms with Crippen molar-refractivity contribution in [2.24, 2.45) is 0 Å². The maximum Gasteiger partial charge on any atom is 0.339 e. The summed E-state index contributed by atoms with van der Waals surface area (Å²) in [4.78, 5) is 28.5. The average Bonchev–Trinajstić information content (AvgIpc) is 2.63. The number of amides is 1. The zero-order valence-corrected chi connectivity index (χ0v) is 17.3. The predicted molar refractivity (Wildman–Crippen MR) is 107 cm³/mol. The molecule has 0 aliphatic heterocycles. The van der Waals surface area contributed by atoms with Gasteiger partial charge < -0.3 is 19.5 Å². The highest BCUT2D eigenvalue weighted by atomic mass is 35.5. The normalized spacial score (nSPS) is 11.7. The van der Waals surface area contributed by atoms with Gasteiger partial charge in [-0.2, -0.15) is 0 Å². The number of ether oxygens (including phenoxy) is 3. The van der Waals surface area contributed by atoms with Crippen LogP contribution in [0.3, 0.4) is 0 Å². The molecule has 1 amide bonds. The lowest BCUT2D eigenvalue weighted by molar-refractivity contribution is -0.123. The smallest absolute Gasteiger partial charge is 0.339 e. The van der Waals surface area contributed by atoms with Crippen LogP contribution in [0.15, 0.2) is 30.5 Å². The van der Waals surface area contributed by atoms with Crippen molar-refractivity contribution in [3.63, 3.8) is 0 Å². The maximum absolute atomic E-state index is 12.4. The summed E-state index contributed by atoms with van der Waals surface area (Å²) in [7, 11) is 1.47. The molecule has 2 rings (SSSR count). The van der Waals surface area contributed by atoms with Crippen LogP contribution in [0.4, 0.5) is 5.82 Å². The number of hydrogen-bond acceptors (Lipinski definition) is 6. The topological polar surface area (TPSA) is 86.8 Å². The molecule has 0 saturated carbocycles. The van der Waals surface area contributed by atoms with Gasteiger partial charge in [-0.15, -0.1) is 0 Å². The Balaban J connectivity index is 2.05. The quantitative estimate of drug-likeness (QED) is 0.661. The molecule has 2 aromatic rings. The van der Waals surface area contributed by atoms with E-state index in [1.54, 1.807) is 6.07 Å². The summed E-state index contributed by atoms with van der Waals surface area (Å²) in [6.45, 7) is 5.19. The van der Waals surface area contributed by atoms with Crippen LogP contribution in [-0.2, 0) is 9.53 Å². The lowest BCUT2D eigenvalue weighted by Gasteiger charge is -2.16. The number of nitrogens with one attached hydrogen (secondary N) is 1. The molecule has 0 aliphatic rings. The van der Waals surface area contributed by atoms with Crippen LogP contribution in [0.1, 0.15) is 31.1 Å². The highest BCUT2D eigenvalue weighted by Crippen LogP contribution is 2.29. The minimum atomic E-state index is -1.08. The molecule has 1 heterocycles. The standard InChI is InChI=1S/C19H20Cl2N2O5/c1-10(2)27-15-6-5-12(7-16(15)26-4)19(25)28-11(3)18(24)23-17-14(21)8-13(20)9-22-17/h5-11H,1-4H3,(H,22,23,24). The molecule has 1 atom stereocenters. The van der Waals surface area contributed by atoms with Crippen molar-refractivity contribution in [2.45, 2.75) is 33.0 Å². The van der Waals surface area contributed by atoms with E-state index in [9.17, 15) is 9.59 Å². The Bertz CT molecular complexity index is 873. The number of aromatic nitrogens is 1. The van der Waals surface area contributed by atoms with Gasteiger partial charge in [0.15, 0.2) is 23.4 Å². The molecule has 9 heteroatoms. The number of hydrogen-bond donors (Lipinski definition) is 1. The van der Waals surface area contributed by atoms with Crippen LogP contribution < -0.4 is 14.8 Å². The molecular weight excluding hydrogens is 407 g/mol. The van der Waals surface area contributed by atoms with Gasteiger partial charge in [0.2, 0.25) is 0 Å². The third-order valence-electron chi connectivity index (χ3n) is 3.46. The zero-order chi connectivity index (χ0) is 20.8. The Morgan fingerprint density at radius 2 is 1.82 bits per heavy atom. The zero-order valence-electron chi connectivity index (χ0n) is 15.8. The first-order chi connectivity index (χ1) is 13.2. The molecular formula is C19H20Cl2N2O5. The summed E-state index contributed by atoms with van der Waals surface area (Å²) in [6.07, 6.45) is 0.203. The molecule has 0 bridgehead atoms. The number of benzene rings is 1. The number of anilines is 1. The Hall–Kier alpha value is -2.51. The molecule has 7 nitrogen and oxygen atoms in total. The number of rotatable bonds is 7. The molecule has 0 radical (unpaired) electrons. The monoisotopic (exact) mass is 426 g/mol. The summed E-state index contributed by atoms with van der Waals surface area (Å²) in [5.41, 5.74) is 0.218. The van der Waals surface area contributed by atoms with Gasteiger partial charge in [-0.3, -0.25) is 4.79 Å². The number of halogens is 2. The third-order valence-corrected chi connectivity index (χ3v) is 3.96. The van der Waals surface area contributed by atoms with E-state index in [0.29, 0.717) is 16.5 Å². The van der Waals surface area contributed by atoms with Crippen molar-refractivity contribution in [1.29, 1.82) is 0 Å². The van der Waals surface area contributed by atoms with Crippen molar-refractivity contribution >= 4 is 40.9 Å². The lowest BCUT2D eigenvalue weighted by atomic mass is 10.2. The summed E-state index contributed by atoms with van der Waals surface area (Å²) < 4.78 is 16.1. The molecule has 28 heavy (non-hydrogen) atoms. The van der Waals surface area contributed by atoms with Crippen molar-refractivity contribution in [3.05, 3.63) is 46.1 Å². The van der Waals surface area contributed by atoms with Crippen molar-refractivity contribution in [3.8, 4) is 11.5 Å². The Kier molecular flexibility index (Phi) is 7.48. The van der Waals surface area contributed by atoms with Crippen molar-refractivity contribution < 1.29 is 23.8 Å². The van der Waals surface area contributed by atoms with Crippen molar-refractivity contribution in [1.82, 2.24) is 4.98 Å². The highest BCUT2D eigenvalue weighted by Gasteiger charge is 2.21. The van der Waals surface area contributed by atoms with Crippen LogP contribution in [0.5, 0.6) is 11.5 Å². The molecule has 1 aromatic carbocycles. The first kappa shape index (κ1) is 21.8. The molecule has 1 N–H and O–H groups in total. The van der Waals surface area contributed by atoms with Crippen LogP contribution >= 0.6 is 23.2 Å². The SMILES string of the molecule is COc1cc(C(=O)OC(C)C(=O)Nc2ncc(Cl)cc2Cl)ccc1OC(C)C. The van der Waals surface area contributed by atoms with E-state index in [0.717, 1.165) is 0 Å². The van der Waals surface area contributed by atoms with Crippen LogP contribution in [0.25, 0.3) is 0 Å².